The molecule has 0 atom stereocenters. The van der Waals surface area contributed by atoms with Crippen LogP contribution in [0.25, 0.3) is 0 Å². The molecule has 12 heavy (non-hydrogen) atoms. The lowest BCUT2D eigenvalue weighted by molar-refractivity contribution is -0.157. The number of carboxylic acid groups (broad SMARTS) is 3. The van der Waals surface area contributed by atoms with E-state index in [1.54, 1.807) is 0 Å². The van der Waals surface area contributed by atoms with Crippen LogP contribution in [0, 0.1) is 0 Å². The van der Waals surface area contributed by atoms with Gasteiger partial charge in [0.2, 0.25) is 0 Å². The van der Waals surface area contributed by atoms with Crippen molar-refractivity contribution in [3.05, 3.63) is 0 Å². The minimum absolute atomic E-state index is 0.944. The summed E-state index contributed by atoms with van der Waals surface area (Å²) in [6, 6.07) is 0. The Morgan fingerprint density at radius 3 is 1.42 bits per heavy atom. The van der Waals surface area contributed by atoms with Crippen LogP contribution in [0.5, 0.6) is 0 Å². The monoisotopic (exact) mass is 180 g/mol. The maximum Gasteiger partial charge on any atom is 0.503 e. The van der Waals surface area contributed by atoms with E-state index in [-0.39, 0.29) is 0 Å². The molecule has 0 saturated carbocycles. The van der Waals surface area contributed by atoms with Gasteiger partial charge in [0.05, 0.1) is 0 Å². The van der Waals surface area contributed by atoms with Crippen LogP contribution >= 0.6 is 0 Å². The third kappa shape index (κ3) is 8.70. The van der Waals surface area contributed by atoms with Crippen LogP contribution in [-0.4, -0.2) is 40.2 Å². The number of carboxylic acids is 1. The zero-order valence-electron chi connectivity index (χ0n) is 7.07. The van der Waals surface area contributed by atoms with Crippen LogP contribution in [0.3, 0.4) is 0 Å². The van der Waals surface area contributed by atoms with Gasteiger partial charge in [0.25, 0.3) is 0 Å². The molecule has 0 fully saturated rings. The topological polar surface area (TPSA) is 104 Å². The zero-order chi connectivity index (χ0) is 10.4. The van der Waals surface area contributed by atoms with E-state index in [2.05, 4.69) is 4.74 Å². The summed E-state index contributed by atoms with van der Waals surface area (Å²) in [6.45, 7) is 2.99. The van der Waals surface area contributed by atoms with Gasteiger partial charge in [-0.25, -0.2) is 9.59 Å². The maximum absolute atomic E-state index is 10.1. The van der Waals surface area contributed by atoms with Crippen molar-refractivity contribution in [2.45, 2.75) is 19.4 Å². The third-order valence-electron chi connectivity index (χ3n) is 1.03. The quantitative estimate of drug-likeness (QED) is 0.578. The molecule has 6 heteroatoms. The van der Waals surface area contributed by atoms with Gasteiger partial charge in [0, 0.05) is 7.11 Å². The first-order chi connectivity index (χ1) is 5.24. The first-order valence-electron chi connectivity index (χ1n) is 2.94. The molecule has 3 N–H and O–H groups in total. The Labute approximate surface area is 69.4 Å². The minimum atomic E-state index is -1.83. The Morgan fingerprint density at radius 2 is 1.42 bits per heavy atom. The summed E-state index contributed by atoms with van der Waals surface area (Å²) < 4.78 is 4.60. The van der Waals surface area contributed by atoms with E-state index < -0.39 is 17.7 Å². The molecule has 0 aromatic carbocycles. The normalized spacial score (nSPS) is 9.58. The summed E-state index contributed by atoms with van der Waals surface area (Å²) in [5.74, 6) is -0.944. The van der Waals surface area contributed by atoms with E-state index in [1.165, 1.54) is 21.0 Å². The van der Waals surface area contributed by atoms with Crippen molar-refractivity contribution in [2.24, 2.45) is 0 Å². The molecule has 0 unspecified atom stereocenters. The first kappa shape index (κ1) is 13.3. The molecule has 0 aliphatic heterocycles. The fourth-order valence-electron chi connectivity index (χ4n) is 0.0873. The second kappa shape index (κ2) is 5.36. The Kier molecular flexibility index (Phi) is 5.94. The summed E-state index contributed by atoms with van der Waals surface area (Å²) in [5, 5.41) is 22.3. The molecule has 0 heterocycles. The molecule has 0 spiro atoms. The van der Waals surface area contributed by atoms with Crippen molar-refractivity contribution in [1.82, 2.24) is 0 Å². The van der Waals surface area contributed by atoms with Crippen molar-refractivity contribution in [3.8, 4) is 0 Å². The Morgan fingerprint density at radius 1 is 1.17 bits per heavy atom. The molecular weight excluding hydrogens is 168 g/mol. The molecule has 0 amide bonds. The average molecular weight is 180 g/mol. The number of aliphatic carboxylic acids is 1. The second-order valence-electron chi connectivity index (χ2n) is 2.30. The van der Waals surface area contributed by atoms with Crippen molar-refractivity contribution in [2.75, 3.05) is 7.11 Å². The van der Waals surface area contributed by atoms with Crippen molar-refractivity contribution < 1.29 is 29.6 Å². The van der Waals surface area contributed by atoms with E-state index in [1.807, 2.05) is 0 Å². The van der Waals surface area contributed by atoms with Crippen LogP contribution in [0.15, 0.2) is 0 Å². The molecular formula is C6H12O6. The molecule has 0 rings (SSSR count). The predicted octanol–water partition coefficient (Wildman–Crippen LogP) is 0.718. The Bertz CT molecular complexity index is 157. The van der Waals surface area contributed by atoms with E-state index in [4.69, 9.17) is 20.1 Å². The van der Waals surface area contributed by atoms with Crippen LogP contribution in [0.1, 0.15) is 13.8 Å². The summed E-state index contributed by atoms with van der Waals surface area (Å²) in [4.78, 5) is 18.7. The van der Waals surface area contributed by atoms with E-state index in [0.29, 0.717) is 0 Å². The summed E-state index contributed by atoms with van der Waals surface area (Å²) in [6.07, 6.45) is -1.83. The molecule has 0 saturated heterocycles. The van der Waals surface area contributed by atoms with Crippen LogP contribution < -0.4 is 0 Å². The van der Waals surface area contributed by atoms with Crippen molar-refractivity contribution in [3.63, 3.8) is 0 Å². The van der Waals surface area contributed by atoms with Gasteiger partial charge in [-0.3, -0.25) is 0 Å². The number of carbonyl (C=O) groups is 2. The number of ether oxygens (including phenoxy) is 1. The number of rotatable bonds is 2. The predicted molar refractivity (Wildman–Crippen MR) is 39.4 cm³/mol. The summed E-state index contributed by atoms with van der Waals surface area (Å²) in [5.41, 5.74) is -1.04. The lowest BCUT2D eigenvalue weighted by Gasteiger charge is -2.15. The number of methoxy groups -OCH3 is 1. The lowest BCUT2D eigenvalue weighted by atomic mass is 10.1. The molecule has 0 aliphatic rings. The standard InChI is InChI=1S/C5H10O3.CH2O3/c1-5(2,8-3)4(6)7;2-1(3)4/h1-3H3,(H,6,7);(H2,2,3,4). The highest BCUT2D eigenvalue weighted by Crippen LogP contribution is 2.05. The Balaban J connectivity index is 0. The van der Waals surface area contributed by atoms with Crippen molar-refractivity contribution >= 4 is 12.1 Å². The fraction of sp³-hybridized carbons (Fsp3) is 0.667. The molecule has 0 radical (unpaired) electrons. The van der Waals surface area contributed by atoms with E-state index >= 15 is 0 Å². The highest BCUT2D eigenvalue weighted by atomic mass is 16.6. The average Bonchev–Trinajstić information content (AvgIpc) is 1.86. The number of hydrogen-bond acceptors (Lipinski definition) is 3. The minimum Gasteiger partial charge on any atom is -0.479 e. The molecule has 0 aromatic rings. The van der Waals surface area contributed by atoms with Gasteiger partial charge in [-0.05, 0) is 13.8 Å². The first-order valence-corrected chi connectivity index (χ1v) is 2.94. The van der Waals surface area contributed by atoms with Gasteiger partial charge in [0.1, 0.15) is 0 Å². The second-order valence-corrected chi connectivity index (χ2v) is 2.30. The van der Waals surface area contributed by atoms with Crippen molar-refractivity contribution in [1.29, 1.82) is 0 Å². The van der Waals surface area contributed by atoms with Gasteiger partial charge in [-0.1, -0.05) is 0 Å². The highest BCUT2D eigenvalue weighted by molar-refractivity contribution is 5.76. The molecule has 72 valence electrons. The van der Waals surface area contributed by atoms with Gasteiger partial charge in [-0.2, -0.15) is 0 Å². The zero-order valence-corrected chi connectivity index (χ0v) is 7.07. The van der Waals surface area contributed by atoms with Crippen LogP contribution in [-0.2, 0) is 9.53 Å². The Hall–Kier alpha value is -1.30. The van der Waals surface area contributed by atoms with E-state index in [0.717, 1.165) is 0 Å². The maximum atomic E-state index is 10.1. The highest BCUT2D eigenvalue weighted by Gasteiger charge is 2.25. The van der Waals surface area contributed by atoms with Gasteiger partial charge < -0.3 is 20.1 Å². The third-order valence-corrected chi connectivity index (χ3v) is 1.03. The van der Waals surface area contributed by atoms with Gasteiger partial charge >= 0.3 is 12.1 Å². The lowest BCUT2D eigenvalue weighted by Crippen LogP contribution is -2.33. The molecule has 0 bridgehead atoms. The largest absolute Gasteiger partial charge is 0.503 e. The number of hydrogen-bond donors (Lipinski definition) is 3. The smallest absolute Gasteiger partial charge is 0.479 e. The molecule has 0 aromatic heterocycles. The molecule has 0 aliphatic carbocycles. The molecule has 6 nitrogen and oxygen atoms in total. The summed E-state index contributed by atoms with van der Waals surface area (Å²) >= 11 is 0. The fourth-order valence-corrected chi connectivity index (χ4v) is 0.0873. The SMILES string of the molecule is COC(C)(C)C(=O)O.O=C(O)O. The van der Waals surface area contributed by atoms with Crippen LogP contribution in [0.4, 0.5) is 4.79 Å². The van der Waals surface area contributed by atoms with Crippen LogP contribution in [0.2, 0.25) is 0 Å². The van der Waals surface area contributed by atoms with Gasteiger partial charge in [0.15, 0.2) is 5.60 Å². The summed E-state index contributed by atoms with van der Waals surface area (Å²) in [7, 11) is 1.37. The van der Waals surface area contributed by atoms with E-state index in [9.17, 15) is 4.79 Å². The van der Waals surface area contributed by atoms with Gasteiger partial charge in [-0.15, -0.1) is 0 Å².